The average molecular weight is 488 g/mol. The van der Waals surface area contributed by atoms with Crippen LogP contribution in [0.5, 0.6) is 0 Å². The summed E-state index contributed by atoms with van der Waals surface area (Å²) in [6.45, 7) is 8.71. The van der Waals surface area contributed by atoms with Gasteiger partial charge in [0.2, 0.25) is 15.9 Å². The second-order valence-corrected chi connectivity index (χ2v) is 11.0. The van der Waals surface area contributed by atoms with Crippen LogP contribution in [-0.2, 0) is 26.1 Å². The Labute approximate surface area is 201 Å². The molecule has 0 aliphatic carbocycles. The molecular formula is C25H33N3O5S. The van der Waals surface area contributed by atoms with Crippen molar-refractivity contribution >= 4 is 21.8 Å². The molecule has 2 unspecified atom stereocenters. The van der Waals surface area contributed by atoms with Crippen LogP contribution < -0.4 is 5.32 Å². The van der Waals surface area contributed by atoms with E-state index in [4.69, 9.17) is 4.74 Å². The van der Waals surface area contributed by atoms with E-state index >= 15 is 0 Å². The summed E-state index contributed by atoms with van der Waals surface area (Å²) in [5, 5.41) is 2.74. The van der Waals surface area contributed by atoms with Crippen molar-refractivity contribution in [2.75, 3.05) is 26.7 Å². The number of likely N-dealkylation sites (N-methyl/N-ethyl adjacent to an activating group) is 1. The summed E-state index contributed by atoms with van der Waals surface area (Å²) in [5.74, 6) is -0.456. The van der Waals surface area contributed by atoms with Crippen LogP contribution in [0.25, 0.3) is 0 Å². The van der Waals surface area contributed by atoms with Crippen molar-refractivity contribution in [3.8, 4) is 0 Å². The van der Waals surface area contributed by atoms with Gasteiger partial charge in [-0.25, -0.2) is 8.42 Å². The fourth-order valence-corrected chi connectivity index (χ4v) is 5.10. The molecule has 1 fully saturated rings. The molecule has 0 bridgehead atoms. The largest absolute Gasteiger partial charge is 0.372 e. The highest BCUT2D eigenvalue weighted by Gasteiger charge is 2.27. The second kappa shape index (κ2) is 10.7. The van der Waals surface area contributed by atoms with Crippen LogP contribution in [0.1, 0.15) is 40.9 Å². The Morgan fingerprint density at radius 3 is 2.24 bits per heavy atom. The first-order valence-electron chi connectivity index (χ1n) is 11.3. The predicted octanol–water partition coefficient (Wildman–Crippen LogP) is 2.49. The van der Waals surface area contributed by atoms with Crippen LogP contribution in [0.2, 0.25) is 0 Å². The number of amides is 2. The summed E-state index contributed by atoms with van der Waals surface area (Å²) >= 11 is 0. The lowest BCUT2D eigenvalue weighted by molar-refractivity contribution is -0.121. The maximum Gasteiger partial charge on any atom is 0.254 e. The van der Waals surface area contributed by atoms with E-state index in [0.29, 0.717) is 18.7 Å². The Hall–Kier alpha value is -2.75. The van der Waals surface area contributed by atoms with Crippen LogP contribution in [-0.4, -0.2) is 68.3 Å². The van der Waals surface area contributed by atoms with Crippen LogP contribution in [0, 0.1) is 13.8 Å². The molecule has 1 aliphatic rings. The fraction of sp³-hybridized carbons (Fsp3) is 0.440. The lowest BCUT2D eigenvalue weighted by Crippen LogP contribution is -2.48. The van der Waals surface area contributed by atoms with Gasteiger partial charge in [0.15, 0.2) is 0 Å². The van der Waals surface area contributed by atoms with Gasteiger partial charge in [-0.2, -0.15) is 4.31 Å². The van der Waals surface area contributed by atoms with Crippen molar-refractivity contribution in [1.29, 1.82) is 0 Å². The Balaban J connectivity index is 1.54. The third-order valence-electron chi connectivity index (χ3n) is 5.95. The zero-order valence-electron chi connectivity index (χ0n) is 20.4. The van der Waals surface area contributed by atoms with Gasteiger partial charge in [-0.05, 0) is 68.7 Å². The minimum absolute atomic E-state index is 0.000776. The Morgan fingerprint density at radius 2 is 1.65 bits per heavy atom. The van der Waals surface area contributed by atoms with Gasteiger partial charge in [0.05, 0.1) is 23.6 Å². The number of carbonyl (C=O) groups is 2. The van der Waals surface area contributed by atoms with E-state index in [1.165, 1.54) is 7.05 Å². The van der Waals surface area contributed by atoms with E-state index in [1.807, 2.05) is 27.7 Å². The Morgan fingerprint density at radius 1 is 1.03 bits per heavy atom. The first-order chi connectivity index (χ1) is 16.0. The van der Waals surface area contributed by atoms with Crippen LogP contribution >= 0.6 is 0 Å². The maximum absolute atomic E-state index is 12.8. The first kappa shape index (κ1) is 25.9. The number of aryl methyl sites for hydroxylation is 2. The smallest absolute Gasteiger partial charge is 0.254 e. The monoisotopic (exact) mass is 487 g/mol. The zero-order chi connectivity index (χ0) is 25.0. The molecule has 184 valence electrons. The quantitative estimate of drug-likeness (QED) is 0.647. The predicted molar refractivity (Wildman–Crippen MR) is 130 cm³/mol. The first-order valence-corrected chi connectivity index (χ1v) is 12.8. The van der Waals surface area contributed by atoms with Crippen molar-refractivity contribution < 1.29 is 22.7 Å². The van der Waals surface area contributed by atoms with Crippen LogP contribution in [0.3, 0.4) is 0 Å². The van der Waals surface area contributed by atoms with Crippen molar-refractivity contribution in [2.24, 2.45) is 0 Å². The van der Waals surface area contributed by atoms with Gasteiger partial charge in [0, 0.05) is 32.2 Å². The molecule has 8 nitrogen and oxygen atoms in total. The topological polar surface area (TPSA) is 96.0 Å². The molecule has 0 saturated carbocycles. The molecule has 0 spiro atoms. The van der Waals surface area contributed by atoms with Gasteiger partial charge in [-0.1, -0.05) is 18.2 Å². The van der Waals surface area contributed by atoms with E-state index in [-0.39, 0.29) is 36.1 Å². The van der Waals surface area contributed by atoms with E-state index < -0.39 is 15.9 Å². The number of hydrogen-bond acceptors (Lipinski definition) is 5. The van der Waals surface area contributed by atoms with Crippen molar-refractivity contribution in [3.05, 3.63) is 64.7 Å². The summed E-state index contributed by atoms with van der Waals surface area (Å²) in [6, 6.07) is 12.0. The van der Waals surface area contributed by atoms with Crippen molar-refractivity contribution in [1.82, 2.24) is 14.5 Å². The molecule has 3 rings (SSSR count). The summed E-state index contributed by atoms with van der Waals surface area (Å²) in [7, 11) is -2.38. The van der Waals surface area contributed by atoms with E-state index in [9.17, 15) is 18.0 Å². The Bertz CT molecular complexity index is 1140. The number of nitrogens with one attached hydrogen (secondary N) is 1. The molecule has 1 saturated heterocycles. The average Bonchev–Trinajstić information content (AvgIpc) is 2.78. The molecule has 1 aliphatic heterocycles. The van der Waals surface area contributed by atoms with Crippen LogP contribution in [0.4, 0.5) is 0 Å². The molecule has 9 heteroatoms. The third-order valence-corrected chi connectivity index (χ3v) is 7.75. The summed E-state index contributed by atoms with van der Waals surface area (Å²) in [6.07, 6.45) is -0.00155. The number of hydrogen-bond donors (Lipinski definition) is 1. The number of rotatable bonds is 7. The molecule has 34 heavy (non-hydrogen) atoms. The van der Waals surface area contributed by atoms with Gasteiger partial charge in [-0.3, -0.25) is 9.59 Å². The molecule has 2 aromatic rings. The lowest BCUT2D eigenvalue weighted by atomic mass is 10.1. The molecule has 0 radical (unpaired) electrons. The molecule has 2 aromatic carbocycles. The normalized spacial score (nSPS) is 18.7. The van der Waals surface area contributed by atoms with Gasteiger partial charge in [0.1, 0.15) is 0 Å². The molecule has 1 heterocycles. The number of carbonyl (C=O) groups excluding carboxylic acids is 2. The van der Waals surface area contributed by atoms with E-state index in [0.717, 1.165) is 21.0 Å². The third kappa shape index (κ3) is 6.22. The molecular weight excluding hydrogens is 454 g/mol. The molecule has 2 amide bonds. The summed E-state index contributed by atoms with van der Waals surface area (Å²) < 4.78 is 32.3. The summed E-state index contributed by atoms with van der Waals surface area (Å²) in [4.78, 5) is 27.1. The van der Waals surface area contributed by atoms with Gasteiger partial charge in [0.25, 0.3) is 5.91 Å². The van der Waals surface area contributed by atoms with Gasteiger partial charge < -0.3 is 15.0 Å². The summed E-state index contributed by atoms with van der Waals surface area (Å²) in [5.41, 5.74) is 3.27. The van der Waals surface area contributed by atoms with Crippen molar-refractivity contribution in [2.45, 2.75) is 51.3 Å². The number of morpholine rings is 1. The zero-order valence-corrected chi connectivity index (χ0v) is 21.2. The van der Waals surface area contributed by atoms with Crippen LogP contribution in [0.15, 0.2) is 47.4 Å². The molecule has 2 atom stereocenters. The highest BCUT2D eigenvalue weighted by molar-refractivity contribution is 7.89. The number of sulfonamides is 1. The van der Waals surface area contributed by atoms with Crippen molar-refractivity contribution in [3.63, 3.8) is 0 Å². The van der Waals surface area contributed by atoms with E-state index in [2.05, 4.69) is 5.32 Å². The van der Waals surface area contributed by atoms with Gasteiger partial charge in [-0.15, -0.1) is 0 Å². The minimum atomic E-state index is -3.77. The minimum Gasteiger partial charge on any atom is -0.372 e. The molecule has 1 N–H and O–H groups in total. The maximum atomic E-state index is 12.8. The SMILES string of the molecule is Cc1ccc(S(=O)(=O)N(C)CC(=O)NCc2ccc(C(=O)N3CC(C)OC(C)C3)cc2)cc1C. The Kier molecular flexibility index (Phi) is 8.12. The van der Waals surface area contributed by atoms with Gasteiger partial charge >= 0.3 is 0 Å². The second-order valence-electron chi connectivity index (χ2n) is 8.95. The highest BCUT2D eigenvalue weighted by Crippen LogP contribution is 2.18. The number of benzene rings is 2. The number of ether oxygens (including phenoxy) is 1. The lowest BCUT2D eigenvalue weighted by Gasteiger charge is -2.35. The molecule has 0 aromatic heterocycles. The standard InChI is InChI=1S/C25H33N3O5S/c1-17-6-11-23(12-18(17)2)34(31,32)27(5)16-24(29)26-13-21-7-9-22(10-8-21)25(30)28-14-19(3)33-20(4)15-28/h6-12,19-20H,13-16H2,1-5H3,(H,26,29). The number of nitrogens with zero attached hydrogens (tertiary/aromatic N) is 2. The fourth-order valence-electron chi connectivity index (χ4n) is 3.89. The highest BCUT2D eigenvalue weighted by atomic mass is 32.2. The van der Waals surface area contributed by atoms with E-state index in [1.54, 1.807) is 47.4 Å².